The highest BCUT2D eigenvalue weighted by atomic mass is 16.4. The number of hydrogen-bond donors (Lipinski definition) is 3. The van der Waals surface area contributed by atoms with E-state index in [9.17, 15) is 30.0 Å². The van der Waals surface area contributed by atoms with E-state index in [4.69, 9.17) is 0 Å². The maximum Gasteiger partial charge on any atom is 0.372 e. The Morgan fingerprint density at radius 2 is 1.29 bits per heavy atom. The molecule has 35 heavy (non-hydrogen) atoms. The lowest BCUT2D eigenvalue weighted by molar-refractivity contribution is -0.949. The van der Waals surface area contributed by atoms with Crippen LogP contribution in [0.4, 0.5) is 0 Å². The summed E-state index contributed by atoms with van der Waals surface area (Å²) in [5.41, 5.74) is -2.25. The van der Waals surface area contributed by atoms with Crippen molar-refractivity contribution < 1.29 is 34.5 Å². The second kappa shape index (κ2) is 19.7. The van der Waals surface area contributed by atoms with Gasteiger partial charge in [-0.25, -0.2) is 4.79 Å². The summed E-state index contributed by atoms with van der Waals surface area (Å²) in [7, 11) is 3.11. The third-order valence-electron chi connectivity index (χ3n) is 7.57. The van der Waals surface area contributed by atoms with Gasteiger partial charge in [0, 0.05) is 19.4 Å². The summed E-state index contributed by atoms with van der Waals surface area (Å²) in [6, 6.07) is -0.364. The second-order valence-electron chi connectivity index (χ2n) is 10.4. The Kier molecular flexibility index (Phi) is 18.9. The molecule has 206 valence electrons. The van der Waals surface area contributed by atoms with Gasteiger partial charge >= 0.3 is 5.97 Å². The maximum absolute atomic E-state index is 12.0. The molecular weight excluding hydrogens is 446 g/mol. The quantitative estimate of drug-likeness (QED) is 0.0793. The highest BCUT2D eigenvalue weighted by Gasteiger charge is 2.56. The molecule has 7 heteroatoms. The number of carbonyl (C=O) groups is 2. The number of carboxylic acids is 2. The summed E-state index contributed by atoms with van der Waals surface area (Å²) < 4.78 is -0.364. The van der Waals surface area contributed by atoms with Crippen LogP contribution in [0.15, 0.2) is 12.2 Å². The van der Waals surface area contributed by atoms with Crippen LogP contribution in [0.1, 0.15) is 116 Å². The number of allylic oxidation sites excluding steroid dienone is 2. The van der Waals surface area contributed by atoms with Crippen molar-refractivity contribution in [2.24, 2.45) is 0 Å². The number of aliphatic hydroxyl groups is 2. The second-order valence-corrected chi connectivity index (χ2v) is 10.4. The number of carboxylic acid groups (broad SMARTS) is 2. The number of likely N-dealkylation sites (N-methyl/N-ethyl adjacent to an activating group) is 1. The molecule has 0 heterocycles. The molecular formula is C28H53NO6. The van der Waals surface area contributed by atoms with Gasteiger partial charge in [0.25, 0.3) is 0 Å². The van der Waals surface area contributed by atoms with Crippen molar-refractivity contribution in [2.75, 3.05) is 27.3 Å². The number of aliphatic carboxylic acids is 2. The van der Waals surface area contributed by atoms with Gasteiger partial charge in [0.2, 0.25) is 5.54 Å². The van der Waals surface area contributed by atoms with Crippen LogP contribution in [0.5, 0.6) is 0 Å². The monoisotopic (exact) mass is 499 g/mol. The average Bonchev–Trinajstić information content (AvgIpc) is 2.80. The molecule has 0 aliphatic heterocycles. The number of aliphatic hydroxyl groups excluding tert-OH is 2. The van der Waals surface area contributed by atoms with E-state index in [1.165, 1.54) is 57.8 Å². The lowest BCUT2D eigenvalue weighted by Crippen LogP contribution is -2.75. The molecule has 0 aliphatic rings. The molecule has 0 aromatic carbocycles. The zero-order chi connectivity index (χ0) is 26.6. The third kappa shape index (κ3) is 11.9. The zero-order valence-corrected chi connectivity index (χ0v) is 22.7. The smallest absolute Gasteiger partial charge is 0.372 e. The molecule has 0 rings (SSSR count). The van der Waals surface area contributed by atoms with E-state index in [1.807, 2.05) is 0 Å². The van der Waals surface area contributed by atoms with Crippen LogP contribution in [0.3, 0.4) is 0 Å². The Balaban J connectivity index is 4.32. The van der Waals surface area contributed by atoms with Gasteiger partial charge in [0.1, 0.15) is 5.97 Å². The van der Waals surface area contributed by atoms with E-state index in [2.05, 4.69) is 19.1 Å². The van der Waals surface area contributed by atoms with Crippen LogP contribution >= 0.6 is 0 Å². The molecule has 0 aromatic heterocycles. The Bertz CT molecular complexity index is 576. The minimum atomic E-state index is -2.25. The van der Waals surface area contributed by atoms with Crippen molar-refractivity contribution in [1.29, 1.82) is 0 Å². The number of nitrogens with zero attached hydrogens (tertiary/aromatic N) is 1. The predicted molar refractivity (Wildman–Crippen MR) is 139 cm³/mol. The fraction of sp³-hybridized carbons (Fsp3) is 0.857. The molecule has 0 spiro atoms. The van der Waals surface area contributed by atoms with Crippen molar-refractivity contribution in [3.63, 3.8) is 0 Å². The lowest BCUT2D eigenvalue weighted by atomic mass is 9.86. The van der Waals surface area contributed by atoms with Crippen molar-refractivity contribution in [1.82, 2.24) is 0 Å². The topological polar surface area (TPSA) is 118 Å². The molecule has 0 amide bonds. The van der Waals surface area contributed by atoms with Crippen LogP contribution in [0.25, 0.3) is 0 Å². The molecule has 0 saturated heterocycles. The van der Waals surface area contributed by atoms with Gasteiger partial charge in [-0.2, -0.15) is 0 Å². The van der Waals surface area contributed by atoms with E-state index >= 15 is 0 Å². The fourth-order valence-electron chi connectivity index (χ4n) is 5.11. The van der Waals surface area contributed by atoms with E-state index in [0.717, 1.165) is 32.1 Å². The van der Waals surface area contributed by atoms with Crippen molar-refractivity contribution >= 4 is 11.9 Å². The molecule has 3 N–H and O–H groups in total. The predicted octanol–water partition coefficient (Wildman–Crippen LogP) is 4.20. The first-order valence-electron chi connectivity index (χ1n) is 13.9. The van der Waals surface area contributed by atoms with E-state index in [-0.39, 0.29) is 17.1 Å². The number of quaternary nitrogens is 1. The van der Waals surface area contributed by atoms with Gasteiger partial charge in [-0.1, -0.05) is 76.9 Å². The number of unbranched alkanes of at least 4 members (excludes halogenated alkanes) is 12. The first-order valence-corrected chi connectivity index (χ1v) is 13.9. The number of rotatable bonds is 24. The molecule has 2 atom stereocenters. The van der Waals surface area contributed by atoms with Gasteiger partial charge < -0.3 is 29.7 Å². The van der Waals surface area contributed by atoms with Crippen LogP contribution < -0.4 is 5.11 Å². The summed E-state index contributed by atoms with van der Waals surface area (Å²) in [5.74, 6) is -3.21. The zero-order valence-electron chi connectivity index (χ0n) is 22.7. The van der Waals surface area contributed by atoms with Gasteiger partial charge in [0.05, 0.1) is 26.7 Å². The molecule has 2 unspecified atom stereocenters. The Morgan fingerprint density at radius 1 is 0.800 bits per heavy atom. The van der Waals surface area contributed by atoms with Crippen LogP contribution in [-0.2, 0) is 9.59 Å². The van der Waals surface area contributed by atoms with Crippen LogP contribution in [0.2, 0.25) is 0 Å². The molecule has 7 nitrogen and oxygen atoms in total. The van der Waals surface area contributed by atoms with Crippen molar-refractivity contribution in [3.05, 3.63) is 12.2 Å². The van der Waals surface area contributed by atoms with E-state index in [1.54, 1.807) is 14.1 Å². The maximum atomic E-state index is 12.0. The van der Waals surface area contributed by atoms with E-state index < -0.39 is 30.5 Å². The summed E-state index contributed by atoms with van der Waals surface area (Å²) in [6.07, 6.45) is 21.9. The number of hydrogen-bond acceptors (Lipinski definition) is 5. The molecule has 0 aromatic rings. The summed E-state index contributed by atoms with van der Waals surface area (Å²) >= 11 is 0. The van der Waals surface area contributed by atoms with Gasteiger partial charge in [0.15, 0.2) is 0 Å². The molecule has 0 saturated carbocycles. The summed E-state index contributed by atoms with van der Waals surface area (Å²) in [6.45, 7) is 1.52. The average molecular weight is 500 g/mol. The Morgan fingerprint density at radius 3 is 1.71 bits per heavy atom. The molecule has 0 fully saturated rings. The molecule has 0 aliphatic carbocycles. The van der Waals surface area contributed by atoms with Crippen LogP contribution in [0, 0.1) is 0 Å². The first kappa shape index (κ1) is 33.6. The van der Waals surface area contributed by atoms with Gasteiger partial charge in [-0.05, 0) is 38.5 Å². The highest BCUT2D eigenvalue weighted by molar-refractivity contribution is 6.00. The van der Waals surface area contributed by atoms with Gasteiger partial charge in [-0.3, -0.25) is 0 Å². The molecule has 0 bridgehead atoms. The highest BCUT2D eigenvalue weighted by Crippen LogP contribution is 2.32. The SMILES string of the molecule is CCCCCCCC/C=C\CCCCCCCCC(CCO)[N+](C)(C)C(CCO)(C(=O)[O-])C(=O)O. The largest absolute Gasteiger partial charge is 0.543 e. The summed E-state index contributed by atoms with van der Waals surface area (Å²) in [5, 5.41) is 40.6. The first-order chi connectivity index (χ1) is 16.7. The molecule has 0 radical (unpaired) electrons. The fourth-order valence-corrected chi connectivity index (χ4v) is 5.11. The minimum absolute atomic E-state index is 0.152. The summed E-state index contributed by atoms with van der Waals surface area (Å²) in [4.78, 5) is 24.0. The lowest BCUT2D eigenvalue weighted by Gasteiger charge is -2.50. The van der Waals surface area contributed by atoms with Crippen molar-refractivity contribution in [3.8, 4) is 0 Å². The standard InChI is InChI=1S/C28H53NO6/c1-4-5-6-7-8-9-10-11-12-13-14-15-16-17-18-19-20-25(21-23-30)29(2,3)28(22-24-31,26(32)33)27(34)35/h11-12,25,30-31H,4-10,13-24H2,1-3H3,(H-,32,33,34,35)/b12-11-. The van der Waals surface area contributed by atoms with Gasteiger partial charge in [-0.15, -0.1) is 0 Å². The Labute approximate surface area is 213 Å². The Hall–Kier alpha value is -1.44. The normalized spacial score (nSPS) is 14.8. The third-order valence-corrected chi connectivity index (χ3v) is 7.57. The van der Waals surface area contributed by atoms with Crippen molar-refractivity contribution in [2.45, 2.75) is 128 Å². The minimum Gasteiger partial charge on any atom is -0.543 e. The van der Waals surface area contributed by atoms with E-state index in [0.29, 0.717) is 12.8 Å². The van der Waals surface area contributed by atoms with Crippen LogP contribution in [-0.4, -0.2) is 70.6 Å². The number of carbonyl (C=O) groups excluding carboxylic acids is 1.